The number of ether oxygens (including phenoxy) is 3. The van der Waals surface area contributed by atoms with Crippen LogP contribution in [0, 0.1) is 5.41 Å². The highest BCUT2D eigenvalue weighted by Gasteiger charge is 2.44. The van der Waals surface area contributed by atoms with E-state index >= 15 is 0 Å². The molecule has 0 aliphatic carbocycles. The van der Waals surface area contributed by atoms with Crippen LogP contribution in [0.1, 0.15) is 40.5 Å². The Bertz CT molecular complexity index is 262. The van der Waals surface area contributed by atoms with Crippen molar-refractivity contribution in [2.75, 3.05) is 13.7 Å². The number of rotatable bonds is 4. The summed E-state index contributed by atoms with van der Waals surface area (Å²) in [4.78, 5) is 11.9. The zero-order valence-corrected chi connectivity index (χ0v) is 10.8. The SMILES string of the molecule is CCC(C)(C)C(=O)OC1CCOC1(C)OC. The molecule has 0 aromatic rings. The van der Waals surface area contributed by atoms with E-state index in [9.17, 15) is 4.79 Å². The normalized spacial score (nSPS) is 30.4. The molecule has 0 spiro atoms. The average molecular weight is 230 g/mol. The zero-order chi connectivity index (χ0) is 12.4. The van der Waals surface area contributed by atoms with E-state index in [1.165, 1.54) is 0 Å². The maximum absolute atomic E-state index is 11.9. The third-order valence-corrected chi connectivity index (χ3v) is 3.44. The summed E-state index contributed by atoms with van der Waals surface area (Å²) in [6, 6.07) is 0. The fourth-order valence-electron chi connectivity index (χ4n) is 1.51. The van der Waals surface area contributed by atoms with E-state index in [4.69, 9.17) is 14.2 Å². The van der Waals surface area contributed by atoms with Crippen LogP contribution in [0.4, 0.5) is 0 Å². The van der Waals surface area contributed by atoms with Crippen LogP contribution in [0.15, 0.2) is 0 Å². The van der Waals surface area contributed by atoms with E-state index < -0.39 is 11.2 Å². The standard InChI is InChI=1S/C12H22O4/c1-6-11(2,3)10(13)16-9-7-8-15-12(9,4)14-5/h9H,6-8H2,1-5H3. The third kappa shape index (κ3) is 2.55. The van der Waals surface area contributed by atoms with Crippen LogP contribution in [-0.4, -0.2) is 31.6 Å². The second-order valence-corrected chi connectivity index (χ2v) is 4.99. The minimum Gasteiger partial charge on any atom is -0.456 e. The summed E-state index contributed by atoms with van der Waals surface area (Å²) in [5, 5.41) is 0. The van der Waals surface area contributed by atoms with Crippen LogP contribution >= 0.6 is 0 Å². The van der Waals surface area contributed by atoms with E-state index in [2.05, 4.69) is 0 Å². The van der Waals surface area contributed by atoms with Crippen LogP contribution in [0.3, 0.4) is 0 Å². The summed E-state index contributed by atoms with van der Waals surface area (Å²) >= 11 is 0. The van der Waals surface area contributed by atoms with Crippen LogP contribution < -0.4 is 0 Å². The Kier molecular flexibility index (Phi) is 3.97. The van der Waals surface area contributed by atoms with Crippen LogP contribution in [-0.2, 0) is 19.0 Å². The Balaban J connectivity index is 2.64. The largest absolute Gasteiger partial charge is 0.456 e. The van der Waals surface area contributed by atoms with Gasteiger partial charge in [0.1, 0.15) is 0 Å². The van der Waals surface area contributed by atoms with E-state index in [1.54, 1.807) is 14.0 Å². The topological polar surface area (TPSA) is 44.8 Å². The molecule has 1 aliphatic rings. The third-order valence-electron chi connectivity index (χ3n) is 3.44. The van der Waals surface area contributed by atoms with Gasteiger partial charge < -0.3 is 14.2 Å². The van der Waals surface area contributed by atoms with Gasteiger partial charge in [-0.3, -0.25) is 4.79 Å². The highest BCUT2D eigenvalue weighted by atomic mass is 16.7. The van der Waals surface area contributed by atoms with E-state index in [0.29, 0.717) is 13.0 Å². The monoisotopic (exact) mass is 230 g/mol. The molecule has 0 bridgehead atoms. The highest BCUT2D eigenvalue weighted by Crippen LogP contribution is 2.32. The molecule has 1 heterocycles. The summed E-state index contributed by atoms with van der Waals surface area (Å²) in [6.07, 6.45) is 1.13. The van der Waals surface area contributed by atoms with Gasteiger partial charge >= 0.3 is 5.97 Å². The lowest BCUT2D eigenvalue weighted by atomic mass is 9.90. The molecular formula is C12H22O4. The van der Waals surface area contributed by atoms with Crippen molar-refractivity contribution in [3.05, 3.63) is 0 Å². The first kappa shape index (κ1) is 13.5. The van der Waals surface area contributed by atoms with Gasteiger partial charge in [-0.1, -0.05) is 6.92 Å². The molecule has 0 radical (unpaired) electrons. The minimum atomic E-state index is -0.792. The van der Waals surface area contributed by atoms with Gasteiger partial charge in [-0.2, -0.15) is 0 Å². The first-order chi connectivity index (χ1) is 7.35. The van der Waals surface area contributed by atoms with Crippen molar-refractivity contribution in [2.24, 2.45) is 5.41 Å². The van der Waals surface area contributed by atoms with Crippen molar-refractivity contribution in [3.8, 4) is 0 Å². The Morgan fingerprint density at radius 2 is 2.19 bits per heavy atom. The van der Waals surface area contributed by atoms with Crippen molar-refractivity contribution < 1.29 is 19.0 Å². The maximum atomic E-state index is 11.9. The quantitative estimate of drug-likeness (QED) is 0.694. The molecule has 0 aromatic carbocycles. The van der Waals surface area contributed by atoms with Crippen LogP contribution in [0.25, 0.3) is 0 Å². The number of esters is 1. The molecule has 1 rings (SSSR count). The zero-order valence-electron chi connectivity index (χ0n) is 10.8. The lowest BCUT2D eigenvalue weighted by molar-refractivity contribution is -0.231. The predicted molar refractivity (Wildman–Crippen MR) is 59.9 cm³/mol. The molecule has 1 aliphatic heterocycles. The summed E-state index contributed by atoms with van der Waals surface area (Å²) in [5.41, 5.74) is -0.447. The van der Waals surface area contributed by atoms with Crippen molar-refractivity contribution in [1.29, 1.82) is 0 Å². The van der Waals surface area contributed by atoms with E-state index in [1.807, 2.05) is 20.8 Å². The molecule has 4 heteroatoms. The van der Waals surface area contributed by atoms with Crippen molar-refractivity contribution >= 4 is 5.97 Å². The lowest BCUT2D eigenvalue weighted by Crippen LogP contribution is -2.43. The number of methoxy groups -OCH3 is 1. The number of carbonyl (C=O) groups is 1. The van der Waals surface area contributed by atoms with E-state index in [-0.39, 0.29) is 12.1 Å². The summed E-state index contributed by atoms with van der Waals surface area (Å²) in [7, 11) is 1.57. The van der Waals surface area contributed by atoms with Crippen molar-refractivity contribution in [2.45, 2.75) is 52.4 Å². The Morgan fingerprint density at radius 3 is 2.69 bits per heavy atom. The van der Waals surface area contributed by atoms with Gasteiger partial charge in [0.05, 0.1) is 12.0 Å². The van der Waals surface area contributed by atoms with Gasteiger partial charge in [-0.05, 0) is 27.2 Å². The Hall–Kier alpha value is -0.610. The molecule has 94 valence electrons. The minimum absolute atomic E-state index is 0.186. The number of hydrogen-bond donors (Lipinski definition) is 0. The fourth-order valence-corrected chi connectivity index (χ4v) is 1.51. The van der Waals surface area contributed by atoms with Gasteiger partial charge in [0, 0.05) is 13.5 Å². The molecular weight excluding hydrogens is 208 g/mol. The van der Waals surface area contributed by atoms with Crippen molar-refractivity contribution in [1.82, 2.24) is 0 Å². The second kappa shape index (κ2) is 4.72. The first-order valence-electron chi connectivity index (χ1n) is 5.76. The first-order valence-corrected chi connectivity index (χ1v) is 5.76. The highest BCUT2D eigenvalue weighted by molar-refractivity contribution is 5.76. The number of hydrogen-bond acceptors (Lipinski definition) is 4. The van der Waals surface area contributed by atoms with Crippen molar-refractivity contribution in [3.63, 3.8) is 0 Å². The number of carbonyl (C=O) groups excluding carboxylic acids is 1. The molecule has 0 aromatic heterocycles. The summed E-state index contributed by atoms with van der Waals surface area (Å²) in [6.45, 7) is 8.11. The molecule has 1 fully saturated rings. The van der Waals surface area contributed by atoms with Gasteiger partial charge in [-0.25, -0.2) is 0 Å². The van der Waals surface area contributed by atoms with Gasteiger partial charge in [-0.15, -0.1) is 0 Å². The molecule has 2 atom stereocenters. The smallest absolute Gasteiger partial charge is 0.311 e. The fraction of sp³-hybridized carbons (Fsp3) is 0.917. The summed E-state index contributed by atoms with van der Waals surface area (Å²) < 4.78 is 16.2. The molecule has 0 amide bonds. The molecule has 0 N–H and O–H groups in total. The Morgan fingerprint density at radius 1 is 1.56 bits per heavy atom. The second-order valence-electron chi connectivity index (χ2n) is 4.99. The van der Waals surface area contributed by atoms with Crippen LogP contribution in [0.2, 0.25) is 0 Å². The molecule has 1 saturated heterocycles. The molecule has 0 saturated carbocycles. The van der Waals surface area contributed by atoms with Gasteiger partial charge in [0.25, 0.3) is 0 Å². The predicted octanol–water partition coefficient (Wildman–Crippen LogP) is 2.12. The molecule has 16 heavy (non-hydrogen) atoms. The molecule has 4 nitrogen and oxygen atoms in total. The van der Waals surface area contributed by atoms with E-state index in [0.717, 1.165) is 6.42 Å². The molecule has 2 unspecified atom stereocenters. The summed E-state index contributed by atoms with van der Waals surface area (Å²) in [5.74, 6) is -0.979. The Labute approximate surface area is 97.2 Å². The van der Waals surface area contributed by atoms with Gasteiger partial charge in [0.2, 0.25) is 5.79 Å². The van der Waals surface area contributed by atoms with Crippen LogP contribution in [0.5, 0.6) is 0 Å². The van der Waals surface area contributed by atoms with Gasteiger partial charge in [0.15, 0.2) is 6.10 Å². The average Bonchev–Trinajstić information content (AvgIpc) is 2.61. The lowest BCUT2D eigenvalue weighted by Gasteiger charge is -2.31. The maximum Gasteiger partial charge on any atom is 0.311 e.